The minimum atomic E-state index is -1.00. The van der Waals surface area contributed by atoms with Gasteiger partial charge in [-0.25, -0.2) is 4.79 Å². The number of aliphatic carboxylic acids is 1. The fourth-order valence-corrected chi connectivity index (χ4v) is 2.47. The third kappa shape index (κ3) is 2.91. The number of carbonyl (C=O) groups excluding carboxylic acids is 1. The van der Waals surface area contributed by atoms with Crippen molar-refractivity contribution in [3.05, 3.63) is 35.5 Å². The first-order valence-corrected chi connectivity index (χ1v) is 7.06. The van der Waals surface area contributed by atoms with Gasteiger partial charge in [0.25, 0.3) is 5.91 Å². The van der Waals surface area contributed by atoms with Crippen LogP contribution in [0.25, 0.3) is 10.9 Å². The Balaban J connectivity index is 2.34. The molecule has 0 bridgehead atoms. The molecule has 0 spiro atoms. The number of hydrogen-bond acceptors (Lipinski definition) is 2. The topological polar surface area (TPSA) is 82.2 Å². The van der Waals surface area contributed by atoms with Crippen molar-refractivity contribution in [3.8, 4) is 0 Å². The Morgan fingerprint density at radius 2 is 2.00 bits per heavy atom. The van der Waals surface area contributed by atoms with E-state index in [1.807, 2.05) is 45.0 Å². The Labute approximate surface area is 123 Å². The molecule has 0 saturated carbocycles. The summed E-state index contributed by atoms with van der Waals surface area (Å²) < 4.78 is 0. The molecule has 3 N–H and O–H groups in total. The lowest BCUT2D eigenvalue weighted by atomic mass is 9.98. The van der Waals surface area contributed by atoms with Crippen LogP contribution < -0.4 is 5.32 Å². The largest absolute Gasteiger partial charge is 0.480 e. The number of H-pyrrole nitrogens is 1. The Morgan fingerprint density at radius 1 is 1.33 bits per heavy atom. The lowest BCUT2D eigenvalue weighted by Gasteiger charge is -2.20. The highest BCUT2D eigenvalue weighted by Gasteiger charge is 2.27. The van der Waals surface area contributed by atoms with Gasteiger partial charge in [-0.1, -0.05) is 38.5 Å². The first kappa shape index (κ1) is 15.1. The van der Waals surface area contributed by atoms with Crippen LogP contribution in [-0.2, 0) is 4.79 Å². The van der Waals surface area contributed by atoms with Crippen LogP contribution in [0, 0.1) is 12.8 Å². The maximum absolute atomic E-state index is 12.5. The number of carboxylic acids is 1. The number of benzene rings is 1. The van der Waals surface area contributed by atoms with Crippen LogP contribution in [0.4, 0.5) is 0 Å². The summed E-state index contributed by atoms with van der Waals surface area (Å²) in [5, 5.41) is 12.7. The number of carboxylic acid groups (broad SMARTS) is 1. The number of rotatable bonds is 5. The summed E-state index contributed by atoms with van der Waals surface area (Å²) in [4.78, 5) is 27.0. The van der Waals surface area contributed by atoms with Gasteiger partial charge in [0.05, 0.1) is 5.56 Å². The summed E-state index contributed by atoms with van der Waals surface area (Å²) in [6.45, 7) is 5.54. The number of aromatic amines is 1. The van der Waals surface area contributed by atoms with Crippen molar-refractivity contribution >= 4 is 22.8 Å². The van der Waals surface area contributed by atoms with Gasteiger partial charge in [0.1, 0.15) is 6.04 Å². The van der Waals surface area contributed by atoms with Gasteiger partial charge in [-0.3, -0.25) is 4.79 Å². The van der Waals surface area contributed by atoms with E-state index in [2.05, 4.69) is 10.3 Å². The Bertz CT molecular complexity index is 675. The number of carbonyl (C=O) groups is 2. The fourth-order valence-electron chi connectivity index (χ4n) is 2.47. The summed E-state index contributed by atoms with van der Waals surface area (Å²) in [7, 11) is 0. The second-order valence-corrected chi connectivity index (χ2v) is 5.35. The molecule has 0 saturated heterocycles. The van der Waals surface area contributed by atoms with Gasteiger partial charge in [0, 0.05) is 16.6 Å². The van der Waals surface area contributed by atoms with Crippen LogP contribution in [-0.4, -0.2) is 28.0 Å². The standard InChI is InChI=1S/C16H20N2O3/c1-4-9(2)14(16(20)21)18-15(19)13-10(3)17-12-8-6-5-7-11(12)13/h5-9,14,17H,4H2,1-3H3,(H,18,19)(H,20,21). The van der Waals surface area contributed by atoms with Crippen LogP contribution in [0.2, 0.25) is 0 Å². The molecular formula is C16H20N2O3. The van der Waals surface area contributed by atoms with E-state index in [1.54, 1.807) is 0 Å². The second kappa shape index (κ2) is 5.99. The lowest BCUT2D eigenvalue weighted by Crippen LogP contribution is -2.45. The van der Waals surface area contributed by atoms with Crippen molar-refractivity contribution in [1.82, 2.24) is 10.3 Å². The average molecular weight is 288 g/mol. The molecule has 0 aliphatic rings. The van der Waals surface area contributed by atoms with Crippen molar-refractivity contribution in [2.45, 2.75) is 33.2 Å². The first-order valence-electron chi connectivity index (χ1n) is 7.06. The molecule has 2 atom stereocenters. The van der Waals surface area contributed by atoms with E-state index < -0.39 is 12.0 Å². The normalized spacial score (nSPS) is 13.9. The minimum Gasteiger partial charge on any atom is -0.480 e. The maximum atomic E-state index is 12.5. The molecule has 0 radical (unpaired) electrons. The van der Waals surface area contributed by atoms with Crippen LogP contribution in [0.15, 0.2) is 24.3 Å². The molecule has 2 unspecified atom stereocenters. The highest BCUT2D eigenvalue weighted by molar-refractivity contribution is 6.09. The molecule has 21 heavy (non-hydrogen) atoms. The van der Waals surface area contributed by atoms with Crippen LogP contribution in [0.1, 0.15) is 36.3 Å². The van der Waals surface area contributed by atoms with Gasteiger partial charge in [0.15, 0.2) is 0 Å². The third-order valence-corrected chi connectivity index (χ3v) is 3.89. The summed E-state index contributed by atoms with van der Waals surface area (Å²) in [5.41, 5.74) is 2.12. The molecule has 0 aliphatic carbocycles. The summed E-state index contributed by atoms with van der Waals surface area (Å²) in [6.07, 6.45) is 0.685. The average Bonchev–Trinajstić information content (AvgIpc) is 2.79. The minimum absolute atomic E-state index is 0.128. The third-order valence-electron chi connectivity index (χ3n) is 3.89. The van der Waals surface area contributed by atoms with Crippen molar-refractivity contribution in [1.29, 1.82) is 0 Å². The Hall–Kier alpha value is -2.30. The van der Waals surface area contributed by atoms with E-state index in [9.17, 15) is 14.7 Å². The van der Waals surface area contributed by atoms with E-state index in [0.29, 0.717) is 12.0 Å². The van der Waals surface area contributed by atoms with Gasteiger partial charge in [-0.05, 0) is 18.9 Å². The number of para-hydroxylation sites is 1. The quantitative estimate of drug-likeness (QED) is 0.791. The highest BCUT2D eigenvalue weighted by atomic mass is 16.4. The van der Waals surface area contributed by atoms with Gasteiger partial charge in [-0.2, -0.15) is 0 Å². The van der Waals surface area contributed by atoms with E-state index >= 15 is 0 Å². The van der Waals surface area contributed by atoms with Gasteiger partial charge in [0.2, 0.25) is 0 Å². The predicted octanol–water partition coefficient (Wildman–Crippen LogP) is 2.71. The van der Waals surface area contributed by atoms with Crippen molar-refractivity contribution in [2.24, 2.45) is 5.92 Å². The van der Waals surface area contributed by atoms with Crippen molar-refractivity contribution in [3.63, 3.8) is 0 Å². The SMILES string of the molecule is CCC(C)C(NC(=O)c1c(C)[nH]c2ccccc12)C(=O)O. The van der Waals surface area contributed by atoms with E-state index in [1.165, 1.54) is 0 Å². The molecule has 2 aromatic rings. The molecule has 1 aromatic heterocycles. The highest BCUT2D eigenvalue weighted by Crippen LogP contribution is 2.22. The van der Waals surface area contributed by atoms with E-state index in [0.717, 1.165) is 16.6 Å². The number of hydrogen-bond donors (Lipinski definition) is 3. The molecule has 5 nitrogen and oxygen atoms in total. The Morgan fingerprint density at radius 3 is 2.62 bits per heavy atom. The van der Waals surface area contributed by atoms with Gasteiger partial charge >= 0.3 is 5.97 Å². The van der Waals surface area contributed by atoms with Crippen LogP contribution in [0.3, 0.4) is 0 Å². The van der Waals surface area contributed by atoms with Crippen molar-refractivity contribution < 1.29 is 14.7 Å². The number of nitrogens with one attached hydrogen (secondary N) is 2. The zero-order valence-electron chi connectivity index (χ0n) is 12.4. The van der Waals surface area contributed by atoms with E-state index in [4.69, 9.17) is 0 Å². The number of aryl methyl sites for hydroxylation is 1. The fraction of sp³-hybridized carbons (Fsp3) is 0.375. The zero-order valence-corrected chi connectivity index (χ0v) is 12.4. The Kier molecular flexibility index (Phi) is 4.31. The first-order chi connectivity index (χ1) is 9.95. The molecule has 2 rings (SSSR count). The summed E-state index contributed by atoms with van der Waals surface area (Å²) in [6, 6.07) is 6.61. The molecule has 1 heterocycles. The second-order valence-electron chi connectivity index (χ2n) is 5.35. The molecule has 1 aromatic carbocycles. The monoisotopic (exact) mass is 288 g/mol. The number of amides is 1. The smallest absolute Gasteiger partial charge is 0.326 e. The zero-order chi connectivity index (χ0) is 15.6. The summed E-state index contributed by atoms with van der Waals surface area (Å²) >= 11 is 0. The van der Waals surface area contributed by atoms with Crippen LogP contribution in [0.5, 0.6) is 0 Å². The molecular weight excluding hydrogens is 268 g/mol. The molecule has 0 aliphatic heterocycles. The van der Waals surface area contributed by atoms with Gasteiger partial charge < -0.3 is 15.4 Å². The van der Waals surface area contributed by atoms with Gasteiger partial charge in [-0.15, -0.1) is 0 Å². The molecule has 5 heteroatoms. The predicted molar refractivity (Wildman–Crippen MR) is 81.4 cm³/mol. The molecule has 0 fully saturated rings. The van der Waals surface area contributed by atoms with E-state index in [-0.39, 0.29) is 11.8 Å². The number of aromatic nitrogens is 1. The van der Waals surface area contributed by atoms with Crippen molar-refractivity contribution in [2.75, 3.05) is 0 Å². The lowest BCUT2D eigenvalue weighted by molar-refractivity contribution is -0.140. The molecule has 112 valence electrons. The molecule has 1 amide bonds. The summed E-state index contributed by atoms with van der Waals surface area (Å²) in [5.74, 6) is -1.48. The maximum Gasteiger partial charge on any atom is 0.326 e. The number of fused-ring (bicyclic) bond motifs is 1. The van der Waals surface area contributed by atoms with Crippen LogP contribution >= 0.6 is 0 Å².